The molecule has 0 rings (SSSR count). The Kier molecular flexibility index (Phi) is 5.09. The number of carbonyl (C=O) groups is 1. The van der Waals surface area contributed by atoms with E-state index < -0.39 is 5.97 Å². The van der Waals surface area contributed by atoms with Crippen LogP contribution in [-0.2, 0) is 4.79 Å². The van der Waals surface area contributed by atoms with Gasteiger partial charge >= 0.3 is 5.97 Å². The molecule has 0 fully saturated rings. The Morgan fingerprint density at radius 2 is 2.08 bits per heavy atom. The molecule has 0 bridgehead atoms. The SMILES string of the molecule is C=C(C)CCC=C(C)CC(=O)O. The largest absolute Gasteiger partial charge is 0.481 e. The lowest BCUT2D eigenvalue weighted by Crippen LogP contribution is -1.94. The van der Waals surface area contributed by atoms with Crippen molar-refractivity contribution in [2.24, 2.45) is 0 Å². The summed E-state index contributed by atoms with van der Waals surface area (Å²) in [5.74, 6) is -0.765. The monoisotopic (exact) mass is 168 g/mol. The fraction of sp³-hybridized carbons (Fsp3) is 0.500. The zero-order chi connectivity index (χ0) is 9.56. The van der Waals surface area contributed by atoms with Gasteiger partial charge in [-0.15, -0.1) is 6.58 Å². The number of hydrogen-bond acceptors (Lipinski definition) is 1. The highest BCUT2D eigenvalue weighted by Gasteiger charge is 1.96. The lowest BCUT2D eigenvalue weighted by atomic mass is 10.1. The Balaban J connectivity index is 3.69. The molecule has 68 valence electrons. The summed E-state index contributed by atoms with van der Waals surface area (Å²) < 4.78 is 0. The minimum atomic E-state index is -0.765. The molecule has 0 aliphatic heterocycles. The minimum absolute atomic E-state index is 0.149. The maximum atomic E-state index is 10.2. The molecule has 0 saturated carbocycles. The number of allylic oxidation sites excluding steroid dienone is 2. The molecule has 0 aliphatic carbocycles. The summed E-state index contributed by atoms with van der Waals surface area (Å²) in [7, 11) is 0. The van der Waals surface area contributed by atoms with Gasteiger partial charge in [-0.3, -0.25) is 4.79 Å². The zero-order valence-electron chi connectivity index (χ0n) is 7.76. The third-order valence-corrected chi connectivity index (χ3v) is 1.49. The summed E-state index contributed by atoms with van der Waals surface area (Å²) >= 11 is 0. The van der Waals surface area contributed by atoms with Crippen molar-refractivity contribution in [2.45, 2.75) is 33.1 Å². The predicted molar refractivity (Wildman–Crippen MR) is 50.1 cm³/mol. The smallest absolute Gasteiger partial charge is 0.307 e. The van der Waals surface area contributed by atoms with Crippen molar-refractivity contribution in [3.63, 3.8) is 0 Å². The van der Waals surface area contributed by atoms with Gasteiger partial charge in [0.1, 0.15) is 0 Å². The molecule has 0 saturated heterocycles. The molecule has 12 heavy (non-hydrogen) atoms. The van der Waals surface area contributed by atoms with E-state index in [0.29, 0.717) is 0 Å². The first kappa shape index (κ1) is 11.0. The van der Waals surface area contributed by atoms with Crippen molar-refractivity contribution >= 4 is 5.97 Å². The second kappa shape index (κ2) is 5.58. The highest BCUT2D eigenvalue weighted by Crippen LogP contribution is 2.06. The van der Waals surface area contributed by atoms with Gasteiger partial charge in [-0.05, 0) is 26.7 Å². The predicted octanol–water partition coefficient (Wildman–Crippen LogP) is 2.76. The molecule has 2 heteroatoms. The van der Waals surface area contributed by atoms with Gasteiger partial charge in [-0.2, -0.15) is 0 Å². The van der Waals surface area contributed by atoms with E-state index in [2.05, 4.69) is 6.58 Å². The van der Waals surface area contributed by atoms with Gasteiger partial charge in [0.15, 0.2) is 0 Å². The summed E-state index contributed by atoms with van der Waals surface area (Å²) in [5, 5.41) is 8.43. The van der Waals surface area contributed by atoms with E-state index in [0.717, 1.165) is 24.0 Å². The molecule has 0 heterocycles. The van der Waals surface area contributed by atoms with E-state index >= 15 is 0 Å². The molecule has 0 aromatic carbocycles. The van der Waals surface area contributed by atoms with Gasteiger partial charge < -0.3 is 5.11 Å². The van der Waals surface area contributed by atoms with Crippen LogP contribution in [-0.4, -0.2) is 11.1 Å². The van der Waals surface area contributed by atoms with Crippen molar-refractivity contribution in [3.8, 4) is 0 Å². The summed E-state index contributed by atoms with van der Waals surface area (Å²) in [6.45, 7) is 7.58. The van der Waals surface area contributed by atoms with Gasteiger partial charge in [0.05, 0.1) is 6.42 Å². The zero-order valence-corrected chi connectivity index (χ0v) is 7.76. The normalized spacial score (nSPS) is 11.3. The molecule has 0 aromatic rings. The van der Waals surface area contributed by atoms with E-state index in [1.54, 1.807) is 0 Å². The van der Waals surface area contributed by atoms with Crippen molar-refractivity contribution in [1.29, 1.82) is 0 Å². The van der Waals surface area contributed by atoms with Gasteiger partial charge in [-0.1, -0.05) is 17.2 Å². The van der Waals surface area contributed by atoms with E-state index in [4.69, 9.17) is 5.11 Å². The van der Waals surface area contributed by atoms with E-state index in [1.807, 2.05) is 19.9 Å². The summed E-state index contributed by atoms with van der Waals surface area (Å²) in [4.78, 5) is 10.2. The molecule has 1 N–H and O–H groups in total. The lowest BCUT2D eigenvalue weighted by Gasteiger charge is -1.97. The molecular formula is C10H16O2. The first-order chi connectivity index (χ1) is 5.52. The van der Waals surface area contributed by atoms with Crippen LogP contribution in [0, 0.1) is 0 Å². The van der Waals surface area contributed by atoms with Crippen molar-refractivity contribution in [1.82, 2.24) is 0 Å². The molecule has 0 aliphatic rings. The maximum Gasteiger partial charge on any atom is 0.307 e. The summed E-state index contributed by atoms with van der Waals surface area (Å²) in [6, 6.07) is 0. The van der Waals surface area contributed by atoms with Crippen LogP contribution < -0.4 is 0 Å². The highest BCUT2D eigenvalue weighted by molar-refractivity contribution is 5.69. The average molecular weight is 168 g/mol. The van der Waals surface area contributed by atoms with Gasteiger partial charge in [0.25, 0.3) is 0 Å². The first-order valence-electron chi connectivity index (χ1n) is 4.04. The standard InChI is InChI=1S/C10H16O2/c1-8(2)5-4-6-9(3)7-10(11)12/h6H,1,4-5,7H2,2-3H3,(H,11,12). The number of rotatable bonds is 5. The van der Waals surface area contributed by atoms with Crippen LogP contribution in [0.3, 0.4) is 0 Å². The molecular weight excluding hydrogens is 152 g/mol. The number of aliphatic carboxylic acids is 1. The Labute approximate surface area is 73.6 Å². The molecule has 0 spiro atoms. The Morgan fingerprint density at radius 3 is 2.50 bits per heavy atom. The average Bonchev–Trinajstić information content (AvgIpc) is 1.84. The second-order valence-corrected chi connectivity index (χ2v) is 3.12. The molecule has 0 atom stereocenters. The lowest BCUT2D eigenvalue weighted by molar-refractivity contribution is -0.136. The number of carboxylic acid groups (broad SMARTS) is 1. The molecule has 0 unspecified atom stereocenters. The molecule has 0 radical (unpaired) electrons. The van der Waals surface area contributed by atoms with E-state index in [9.17, 15) is 4.79 Å². The third-order valence-electron chi connectivity index (χ3n) is 1.49. The fourth-order valence-electron chi connectivity index (χ4n) is 0.876. The highest BCUT2D eigenvalue weighted by atomic mass is 16.4. The van der Waals surface area contributed by atoms with Crippen molar-refractivity contribution in [2.75, 3.05) is 0 Å². The van der Waals surface area contributed by atoms with Gasteiger partial charge in [0.2, 0.25) is 0 Å². The van der Waals surface area contributed by atoms with Crippen LogP contribution >= 0.6 is 0 Å². The molecule has 0 aromatic heterocycles. The molecule has 0 amide bonds. The molecule has 2 nitrogen and oxygen atoms in total. The second-order valence-electron chi connectivity index (χ2n) is 3.12. The Hall–Kier alpha value is -1.05. The van der Waals surface area contributed by atoms with E-state index in [1.165, 1.54) is 0 Å². The Morgan fingerprint density at radius 1 is 1.50 bits per heavy atom. The summed E-state index contributed by atoms with van der Waals surface area (Å²) in [5.41, 5.74) is 2.05. The fourth-order valence-corrected chi connectivity index (χ4v) is 0.876. The summed E-state index contributed by atoms with van der Waals surface area (Å²) in [6.07, 6.45) is 3.95. The van der Waals surface area contributed by atoms with Crippen molar-refractivity contribution in [3.05, 3.63) is 23.8 Å². The van der Waals surface area contributed by atoms with Gasteiger partial charge in [-0.25, -0.2) is 0 Å². The van der Waals surface area contributed by atoms with Crippen LogP contribution in [0.15, 0.2) is 23.8 Å². The van der Waals surface area contributed by atoms with Crippen LogP contribution in [0.25, 0.3) is 0 Å². The quantitative estimate of drug-likeness (QED) is 0.641. The topological polar surface area (TPSA) is 37.3 Å². The van der Waals surface area contributed by atoms with Gasteiger partial charge in [0, 0.05) is 0 Å². The van der Waals surface area contributed by atoms with Crippen molar-refractivity contribution < 1.29 is 9.90 Å². The third kappa shape index (κ3) is 7.06. The Bertz CT molecular complexity index is 202. The van der Waals surface area contributed by atoms with Crippen LogP contribution in [0.1, 0.15) is 33.1 Å². The maximum absolute atomic E-state index is 10.2. The van der Waals surface area contributed by atoms with Crippen LogP contribution in [0.4, 0.5) is 0 Å². The van der Waals surface area contributed by atoms with Crippen LogP contribution in [0.2, 0.25) is 0 Å². The first-order valence-corrected chi connectivity index (χ1v) is 4.04. The minimum Gasteiger partial charge on any atom is -0.481 e. The van der Waals surface area contributed by atoms with Crippen LogP contribution in [0.5, 0.6) is 0 Å². The van der Waals surface area contributed by atoms with E-state index in [-0.39, 0.29) is 6.42 Å². The number of carboxylic acids is 1. The number of hydrogen-bond donors (Lipinski definition) is 1.